The Bertz CT molecular complexity index is 905. The summed E-state index contributed by atoms with van der Waals surface area (Å²) in [5, 5.41) is 12.0. The number of amides is 1. The Hall–Kier alpha value is -3.11. The number of rotatable bonds is 8. The summed E-state index contributed by atoms with van der Waals surface area (Å²) < 4.78 is 11.4. The predicted octanol–water partition coefficient (Wildman–Crippen LogP) is 3.26. The van der Waals surface area contributed by atoms with Gasteiger partial charge in [-0.3, -0.25) is 4.79 Å². The molecule has 1 aromatic heterocycles. The average Bonchev–Trinajstić information content (AvgIpc) is 3.59. The molecule has 7 heteroatoms. The number of nitrogens with one attached hydrogen (secondary N) is 1. The number of pyridine rings is 1. The lowest BCUT2D eigenvalue weighted by Gasteiger charge is -2.35. The predicted molar refractivity (Wildman–Crippen MR) is 112 cm³/mol. The van der Waals surface area contributed by atoms with Crippen molar-refractivity contribution < 1.29 is 14.3 Å². The van der Waals surface area contributed by atoms with Crippen LogP contribution in [0.3, 0.4) is 0 Å². The summed E-state index contributed by atoms with van der Waals surface area (Å²) in [5.41, 5.74) is 1.41. The lowest BCUT2D eigenvalue weighted by molar-refractivity contribution is -0.126. The summed E-state index contributed by atoms with van der Waals surface area (Å²) in [4.78, 5) is 18.5. The average molecular weight is 406 g/mol. The van der Waals surface area contributed by atoms with Gasteiger partial charge in [0.25, 0.3) is 0 Å². The van der Waals surface area contributed by atoms with Crippen molar-refractivity contribution in [1.82, 2.24) is 10.3 Å². The standard InChI is InChI=1S/C23H26N4O3/c24-12-18-8-9-22(13-25-18)30-21-5-1-4-20(11-21)27-10-2-3-19(14-27)26-23(28)16-29-15-17-6-7-17/h1,4-5,8-9,11,13,17,19H,2-3,6-7,10,14-16H2,(H,26,28)/t19-/m0/s1. The molecular formula is C23H26N4O3. The van der Waals surface area contributed by atoms with Crippen LogP contribution in [-0.2, 0) is 9.53 Å². The number of hydrogen-bond acceptors (Lipinski definition) is 6. The lowest BCUT2D eigenvalue weighted by atomic mass is 10.0. The van der Waals surface area contributed by atoms with E-state index >= 15 is 0 Å². The molecule has 1 amide bonds. The molecule has 7 nitrogen and oxygen atoms in total. The molecule has 30 heavy (non-hydrogen) atoms. The van der Waals surface area contributed by atoms with Crippen molar-refractivity contribution in [2.24, 2.45) is 5.92 Å². The minimum absolute atomic E-state index is 0.0344. The highest BCUT2D eigenvalue weighted by atomic mass is 16.5. The van der Waals surface area contributed by atoms with Gasteiger partial charge in [-0.15, -0.1) is 0 Å². The topological polar surface area (TPSA) is 87.5 Å². The third-order valence-electron chi connectivity index (χ3n) is 5.34. The molecule has 1 saturated carbocycles. The molecule has 1 saturated heterocycles. The van der Waals surface area contributed by atoms with E-state index in [4.69, 9.17) is 14.7 Å². The smallest absolute Gasteiger partial charge is 0.246 e. The van der Waals surface area contributed by atoms with Crippen LogP contribution >= 0.6 is 0 Å². The van der Waals surface area contributed by atoms with Crippen LogP contribution in [0.25, 0.3) is 0 Å². The van der Waals surface area contributed by atoms with E-state index in [1.807, 2.05) is 30.3 Å². The van der Waals surface area contributed by atoms with E-state index in [1.165, 1.54) is 12.8 Å². The van der Waals surface area contributed by atoms with Crippen molar-refractivity contribution in [3.8, 4) is 17.6 Å². The monoisotopic (exact) mass is 406 g/mol. The second-order valence-corrected chi connectivity index (χ2v) is 7.90. The third-order valence-corrected chi connectivity index (χ3v) is 5.34. The number of anilines is 1. The molecule has 1 aliphatic heterocycles. The molecule has 0 unspecified atom stereocenters. The number of carbonyl (C=O) groups is 1. The van der Waals surface area contributed by atoms with Crippen molar-refractivity contribution >= 4 is 11.6 Å². The maximum Gasteiger partial charge on any atom is 0.246 e. The molecule has 2 aromatic rings. The summed E-state index contributed by atoms with van der Waals surface area (Å²) in [6, 6.07) is 13.4. The van der Waals surface area contributed by atoms with Gasteiger partial charge in [0.1, 0.15) is 29.9 Å². The molecule has 1 N–H and O–H groups in total. The third kappa shape index (κ3) is 5.71. The van der Waals surface area contributed by atoms with Crippen LogP contribution in [0.2, 0.25) is 0 Å². The number of benzene rings is 1. The molecule has 2 fully saturated rings. The molecule has 0 spiro atoms. The van der Waals surface area contributed by atoms with Crippen LogP contribution in [0.1, 0.15) is 31.4 Å². The zero-order valence-corrected chi connectivity index (χ0v) is 16.9. The van der Waals surface area contributed by atoms with E-state index < -0.39 is 0 Å². The molecule has 1 atom stereocenters. The van der Waals surface area contributed by atoms with Gasteiger partial charge in [-0.2, -0.15) is 5.26 Å². The molecule has 0 radical (unpaired) electrons. The first-order chi connectivity index (χ1) is 14.7. The highest BCUT2D eigenvalue weighted by Crippen LogP contribution is 2.29. The summed E-state index contributed by atoms with van der Waals surface area (Å²) in [6.07, 6.45) is 5.98. The summed E-state index contributed by atoms with van der Waals surface area (Å²) in [6.45, 7) is 2.55. The van der Waals surface area contributed by atoms with Gasteiger partial charge in [0.05, 0.1) is 12.8 Å². The number of piperidine rings is 1. The maximum atomic E-state index is 12.2. The Morgan fingerprint density at radius 2 is 2.13 bits per heavy atom. The maximum absolute atomic E-state index is 12.2. The SMILES string of the molecule is N#Cc1ccc(Oc2cccc(N3CCC[C@H](NC(=O)COCC4CC4)C3)c2)cn1. The quantitative estimate of drug-likeness (QED) is 0.724. The number of hydrogen-bond donors (Lipinski definition) is 1. The largest absolute Gasteiger partial charge is 0.456 e. The Balaban J connectivity index is 1.31. The fourth-order valence-electron chi connectivity index (χ4n) is 3.59. The van der Waals surface area contributed by atoms with Crippen molar-refractivity contribution in [2.75, 3.05) is 31.2 Å². The van der Waals surface area contributed by atoms with Crippen LogP contribution in [0.15, 0.2) is 42.6 Å². The Morgan fingerprint density at radius 1 is 1.23 bits per heavy atom. The van der Waals surface area contributed by atoms with Crippen molar-refractivity contribution in [2.45, 2.75) is 31.7 Å². The number of aromatic nitrogens is 1. The van der Waals surface area contributed by atoms with E-state index in [0.717, 1.165) is 31.6 Å². The van der Waals surface area contributed by atoms with Gasteiger partial charge in [0.15, 0.2) is 0 Å². The summed E-state index contributed by atoms with van der Waals surface area (Å²) >= 11 is 0. The number of ether oxygens (including phenoxy) is 2. The normalized spacial score (nSPS) is 18.5. The Morgan fingerprint density at radius 3 is 2.90 bits per heavy atom. The first-order valence-corrected chi connectivity index (χ1v) is 10.5. The van der Waals surface area contributed by atoms with E-state index in [-0.39, 0.29) is 18.6 Å². The highest BCUT2D eigenvalue weighted by Gasteiger charge is 2.24. The zero-order chi connectivity index (χ0) is 20.8. The molecule has 1 aliphatic carbocycles. The highest BCUT2D eigenvalue weighted by molar-refractivity contribution is 5.77. The lowest BCUT2D eigenvalue weighted by Crippen LogP contribution is -2.48. The minimum atomic E-state index is -0.0344. The molecule has 2 heterocycles. The van der Waals surface area contributed by atoms with E-state index in [2.05, 4.69) is 15.2 Å². The number of nitrogens with zero attached hydrogens (tertiary/aromatic N) is 3. The van der Waals surface area contributed by atoms with Crippen molar-refractivity contribution in [3.63, 3.8) is 0 Å². The molecule has 0 bridgehead atoms. The second-order valence-electron chi connectivity index (χ2n) is 7.90. The van der Waals surface area contributed by atoms with Crippen molar-refractivity contribution in [3.05, 3.63) is 48.3 Å². The Kier molecular flexibility index (Phi) is 6.45. The van der Waals surface area contributed by atoms with Gasteiger partial charge >= 0.3 is 0 Å². The number of nitriles is 1. The van der Waals surface area contributed by atoms with Gasteiger partial charge in [-0.1, -0.05) is 6.07 Å². The first kappa shape index (κ1) is 20.2. The van der Waals surface area contributed by atoms with Crippen LogP contribution in [0.5, 0.6) is 11.5 Å². The molecular weight excluding hydrogens is 380 g/mol. The fraction of sp³-hybridized carbons (Fsp3) is 0.435. The molecule has 1 aromatic carbocycles. The van der Waals surface area contributed by atoms with Crippen molar-refractivity contribution in [1.29, 1.82) is 5.26 Å². The molecule has 156 valence electrons. The van der Waals surface area contributed by atoms with Crippen LogP contribution in [0.4, 0.5) is 5.69 Å². The van der Waals surface area contributed by atoms with Gasteiger partial charge in [-0.05, 0) is 55.9 Å². The second kappa shape index (κ2) is 9.59. The van der Waals surface area contributed by atoms with Gasteiger partial charge in [-0.25, -0.2) is 4.98 Å². The molecule has 2 aliphatic rings. The van der Waals surface area contributed by atoms with Gasteiger partial charge in [0.2, 0.25) is 5.91 Å². The van der Waals surface area contributed by atoms with Gasteiger partial charge < -0.3 is 19.7 Å². The zero-order valence-electron chi connectivity index (χ0n) is 16.9. The summed E-state index contributed by atoms with van der Waals surface area (Å²) in [5.74, 6) is 1.92. The molecule has 4 rings (SSSR count). The first-order valence-electron chi connectivity index (χ1n) is 10.5. The Labute approximate surface area is 176 Å². The van der Waals surface area contributed by atoms with E-state index in [9.17, 15) is 4.79 Å². The fourth-order valence-corrected chi connectivity index (χ4v) is 3.59. The minimum Gasteiger partial charge on any atom is -0.456 e. The van der Waals surface area contributed by atoms with E-state index in [1.54, 1.807) is 18.3 Å². The van der Waals surface area contributed by atoms with Crippen LogP contribution in [0, 0.1) is 17.2 Å². The van der Waals surface area contributed by atoms with E-state index in [0.29, 0.717) is 29.7 Å². The van der Waals surface area contributed by atoms with Crippen LogP contribution in [-0.4, -0.2) is 43.2 Å². The number of carbonyl (C=O) groups excluding carboxylic acids is 1. The van der Waals surface area contributed by atoms with Gasteiger partial charge in [0, 0.05) is 30.9 Å². The van der Waals surface area contributed by atoms with Crippen LogP contribution < -0.4 is 15.0 Å². The summed E-state index contributed by atoms with van der Waals surface area (Å²) in [7, 11) is 0.